The number of carbonyl (C=O) groups excluding carboxylic acids is 1. The lowest BCUT2D eigenvalue weighted by molar-refractivity contribution is -0.0979. The minimum Gasteiger partial charge on any atom is -0.396 e. The molecule has 1 aliphatic rings. The number of nitrogens with zero attached hydrogens (tertiary/aromatic N) is 1. The monoisotopic (exact) mass is 407 g/mol. The second-order valence-electron chi connectivity index (χ2n) is 6.69. The van der Waals surface area contributed by atoms with Crippen molar-refractivity contribution < 1.29 is 4.79 Å². The Morgan fingerprint density at radius 3 is 2.47 bits per heavy atom. The molecule has 0 aliphatic heterocycles. The van der Waals surface area contributed by atoms with Crippen molar-refractivity contribution in [1.82, 2.24) is 0 Å². The van der Waals surface area contributed by atoms with Gasteiger partial charge < -0.3 is 26.6 Å². The molecule has 0 aromatic heterocycles. The highest BCUT2D eigenvalue weighted by Crippen LogP contribution is 2.39. The number of nitriles is 1. The van der Waals surface area contributed by atoms with E-state index in [2.05, 4.69) is 29.7 Å². The lowest BCUT2D eigenvalue weighted by atomic mass is 9.95. The second kappa shape index (κ2) is 12.3. The molecule has 0 heterocycles. The van der Waals surface area contributed by atoms with E-state index >= 15 is 0 Å². The van der Waals surface area contributed by atoms with Crippen molar-refractivity contribution in [3.05, 3.63) is 41.5 Å². The van der Waals surface area contributed by atoms with E-state index in [0.717, 1.165) is 53.9 Å². The zero-order chi connectivity index (χ0) is 22.7. The normalized spacial score (nSPS) is 11.7. The van der Waals surface area contributed by atoms with Crippen LogP contribution in [-0.4, -0.2) is 26.1 Å². The van der Waals surface area contributed by atoms with Crippen LogP contribution in [0, 0.1) is 22.7 Å². The largest absolute Gasteiger partial charge is 0.396 e. The lowest BCUT2D eigenvalue weighted by Crippen LogP contribution is -2.08. The Balaban J connectivity index is 0.00000106. The van der Waals surface area contributed by atoms with Crippen LogP contribution in [0.1, 0.15) is 51.2 Å². The summed E-state index contributed by atoms with van der Waals surface area (Å²) in [6, 6.07) is 12.0. The molecule has 0 unspecified atom stereocenters. The van der Waals surface area contributed by atoms with Gasteiger partial charge in [-0.15, -0.1) is 0 Å². The van der Waals surface area contributed by atoms with Gasteiger partial charge in [0.05, 0.1) is 16.9 Å². The molecule has 2 aromatic carbocycles. The zero-order valence-electron chi connectivity index (χ0n) is 18.4. The molecule has 30 heavy (non-hydrogen) atoms. The number of carbonyl (C=O) groups is 1. The van der Waals surface area contributed by atoms with Crippen LogP contribution in [0.25, 0.3) is 11.1 Å². The summed E-state index contributed by atoms with van der Waals surface area (Å²) < 4.78 is 0. The Kier molecular flexibility index (Phi) is 10.1. The van der Waals surface area contributed by atoms with Crippen molar-refractivity contribution in [3.63, 3.8) is 0 Å². The van der Waals surface area contributed by atoms with E-state index in [-0.39, 0.29) is 0 Å². The third kappa shape index (κ3) is 5.60. The molecule has 6 heteroatoms. The summed E-state index contributed by atoms with van der Waals surface area (Å²) >= 11 is 0. The van der Waals surface area contributed by atoms with E-state index in [0.29, 0.717) is 22.9 Å². The summed E-state index contributed by atoms with van der Waals surface area (Å²) in [5, 5.41) is 24.3. The highest BCUT2D eigenvalue weighted by Gasteiger charge is 2.28. The first kappa shape index (κ1) is 24.7. The highest BCUT2D eigenvalue weighted by molar-refractivity contribution is 6.07. The molecular formula is C24H33N5O. The number of hydrogen-bond donors (Lipinski definition) is 4. The smallest absolute Gasteiger partial charge is 0.106 e. The number of anilines is 3. The molecular weight excluding hydrogens is 374 g/mol. The van der Waals surface area contributed by atoms with Crippen molar-refractivity contribution in [2.75, 3.05) is 30.0 Å². The minimum atomic E-state index is 0.376. The Labute approximate surface area is 180 Å². The summed E-state index contributed by atoms with van der Waals surface area (Å²) in [4.78, 5) is 8.00. The Morgan fingerprint density at radius 2 is 1.93 bits per heavy atom. The molecule has 1 saturated carbocycles. The van der Waals surface area contributed by atoms with E-state index in [1.165, 1.54) is 0 Å². The van der Waals surface area contributed by atoms with Crippen molar-refractivity contribution in [2.45, 2.75) is 40.0 Å². The maximum absolute atomic E-state index is 9.29. The fourth-order valence-corrected chi connectivity index (χ4v) is 3.14. The van der Waals surface area contributed by atoms with Gasteiger partial charge in [0, 0.05) is 42.0 Å². The van der Waals surface area contributed by atoms with Crippen LogP contribution >= 0.6 is 0 Å². The van der Waals surface area contributed by atoms with Gasteiger partial charge in [0.1, 0.15) is 12.9 Å². The van der Waals surface area contributed by atoms with Gasteiger partial charge in [-0.05, 0) is 43.0 Å². The predicted octanol–water partition coefficient (Wildman–Crippen LogP) is 5.29. The molecule has 2 aromatic rings. The molecule has 160 valence electrons. The van der Waals surface area contributed by atoms with Crippen LogP contribution in [0.15, 0.2) is 30.3 Å². The third-order valence-corrected chi connectivity index (χ3v) is 4.79. The summed E-state index contributed by atoms with van der Waals surface area (Å²) in [6.07, 6.45) is 3.16. The zero-order valence-corrected chi connectivity index (χ0v) is 18.4. The van der Waals surface area contributed by atoms with Gasteiger partial charge in [-0.25, -0.2) is 0 Å². The van der Waals surface area contributed by atoms with E-state index in [1.807, 2.05) is 45.9 Å². The molecule has 3 rings (SSSR count). The molecule has 0 saturated heterocycles. The van der Waals surface area contributed by atoms with E-state index in [1.54, 1.807) is 6.07 Å². The van der Waals surface area contributed by atoms with Crippen molar-refractivity contribution in [3.8, 4) is 17.2 Å². The Morgan fingerprint density at radius 1 is 1.27 bits per heavy atom. The first-order valence-corrected chi connectivity index (χ1v) is 10.4. The average molecular weight is 408 g/mol. The molecule has 0 radical (unpaired) electrons. The molecule has 0 atom stereocenters. The summed E-state index contributed by atoms with van der Waals surface area (Å²) in [6.45, 7) is 8.87. The first-order chi connectivity index (χ1) is 14.6. The van der Waals surface area contributed by atoms with Gasteiger partial charge in [-0.1, -0.05) is 32.9 Å². The molecule has 1 aliphatic carbocycles. The number of nitrogens with two attached hydrogens (primary N) is 1. The van der Waals surface area contributed by atoms with Crippen molar-refractivity contribution >= 4 is 29.6 Å². The van der Waals surface area contributed by atoms with E-state index < -0.39 is 0 Å². The molecule has 0 bridgehead atoms. The first-order valence-electron chi connectivity index (χ1n) is 10.4. The van der Waals surface area contributed by atoms with Gasteiger partial charge in [-0.2, -0.15) is 5.26 Å². The molecule has 1 fully saturated rings. The fraction of sp³-hybridized carbons (Fsp3) is 0.375. The molecule has 5 N–H and O–H groups in total. The maximum atomic E-state index is 9.29. The van der Waals surface area contributed by atoms with Crippen molar-refractivity contribution in [2.24, 2.45) is 5.92 Å². The number of rotatable bonds is 7. The lowest BCUT2D eigenvalue weighted by Gasteiger charge is -2.18. The van der Waals surface area contributed by atoms with Crippen molar-refractivity contribution in [1.29, 1.82) is 10.7 Å². The second-order valence-corrected chi connectivity index (χ2v) is 6.69. The Hall–Kier alpha value is -3.33. The van der Waals surface area contributed by atoms with Crippen LogP contribution < -0.4 is 16.4 Å². The number of nitrogens with one attached hydrogen (secondary N) is 3. The standard InChI is InChI=1S/C21H25N5.C2H6.CH2O/c1-3-10-26-21-16(8-6-15(12-22)20(21)24)14-7-9-18(25-2)17(11-14)19(23)13-4-5-13;2*1-2/h6-9,11,13,23,25-26H,3-5,10,24H2,1-2H3;1-2H3;1H2. The van der Waals surface area contributed by atoms with Gasteiger partial charge in [-0.3, -0.25) is 0 Å². The van der Waals surface area contributed by atoms with E-state index in [9.17, 15) is 5.26 Å². The number of benzene rings is 2. The predicted molar refractivity (Wildman–Crippen MR) is 127 cm³/mol. The average Bonchev–Trinajstić information content (AvgIpc) is 3.65. The van der Waals surface area contributed by atoms with Gasteiger partial charge in [0.25, 0.3) is 0 Å². The van der Waals surface area contributed by atoms with E-state index in [4.69, 9.17) is 15.9 Å². The SMILES string of the molecule is C=O.CC.CCCNc1c(-c2ccc(NC)c(C(=N)C3CC3)c2)ccc(C#N)c1N. The quantitative estimate of drug-likeness (QED) is 0.368. The Bertz CT molecular complexity index is 897. The number of hydrogen-bond acceptors (Lipinski definition) is 6. The van der Waals surface area contributed by atoms with Crippen LogP contribution in [0.5, 0.6) is 0 Å². The van der Waals surface area contributed by atoms with Gasteiger partial charge >= 0.3 is 0 Å². The summed E-state index contributed by atoms with van der Waals surface area (Å²) in [7, 11) is 1.88. The molecule has 0 amide bonds. The van der Waals surface area contributed by atoms with Gasteiger partial charge in [0.15, 0.2) is 0 Å². The molecule has 0 spiro atoms. The third-order valence-electron chi connectivity index (χ3n) is 4.79. The van der Waals surface area contributed by atoms with Crippen LogP contribution in [0.2, 0.25) is 0 Å². The van der Waals surface area contributed by atoms with Gasteiger partial charge in [0.2, 0.25) is 0 Å². The number of nitrogen functional groups attached to an aromatic ring is 1. The summed E-state index contributed by atoms with van der Waals surface area (Å²) in [5.74, 6) is 0.376. The maximum Gasteiger partial charge on any atom is 0.106 e. The topological polar surface area (TPSA) is 115 Å². The fourth-order valence-electron chi connectivity index (χ4n) is 3.14. The molecule has 6 nitrogen and oxygen atoms in total. The van der Waals surface area contributed by atoms with Crippen LogP contribution in [0.4, 0.5) is 17.1 Å². The minimum absolute atomic E-state index is 0.376. The highest BCUT2D eigenvalue weighted by atomic mass is 16.1. The van der Waals surface area contributed by atoms with Crippen LogP contribution in [-0.2, 0) is 4.79 Å². The van der Waals surface area contributed by atoms with Crippen LogP contribution in [0.3, 0.4) is 0 Å². The summed E-state index contributed by atoms with van der Waals surface area (Å²) in [5.41, 5.74) is 12.6.